The molecule has 2 aliphatic carbocycles. The Kier molecular flexibility index (Phi) is 3.09. The van der Waals surface area contributed by atoms with Crippen LogP contribution in [0.3, 0.4) is 0 Å². The average molecular weight is 237 g/mol. The quantitative estimate of drug-likeness (QED) is 0.540. The Hall–Kier alpha value is 0.100. The van der Waals surface area contributed by atoms with Crippen molar-refractivity contribution in [2.45, 2.75) is 64.1 Å². The van der Waals surface area contributed by atoms with Crippen molar-refractivity contribution in [2.24, 2.45) is 28.4 Å². The molecular weight excluding hydrogens is 213 g/mol. The topological polar surface area (TPSA) is 12.4 Å². The summed E-state index contributed by atoms with van der Waals surface area (Å²) in [5.74, 6) is 3.89. The molecule has 6 atom stereocenters. The van der Waals surface area contributed by atoms with Crippen LogP contribution in [0.5, 0.6) is 0 Å². The third-order valence-corrected chi connectivity index (χ3v) is 6.50. The summed E-state index contributed by atoms with van der Waals surface area (Å²) >= 11 is 0. The fraction of sp³-hybridized carbons (Fsp3) is 1.00. The summed E-state index contributed by atoms with van der Waals surface area (Å²) in [6.07, 6.45) is 8.76. The Morgan fingerprint density at radius 1 is 0.875 bits per heavy atom. The Morgan fingerprint density at radius 3 is 2.38 bits per heavy atom. The summed E-state index contributed by atoms with van der Waals surface area (Å²) in [5, 5.41) is 0. The van der Waals surface area contributed by atoms with E-state index in [9.17, 15) is 0 Å². The van der Waals surface area contributed by atoms with Gasteiger partial charge in [-0.25, -0.2) is 0 Å². The van der Waals surface area contributed by atoms with Gasteiger partial charge in [0.15, 0.2) is 0 Å². The molecular formula is C14H24NP. The van der Waals surface area contributed by atoms with Crippen LogP contribution in [0.15, 0.2) is 4.74 Å². The van der Waals surface area contributed by atoms with Gasteiger partial charge in [-0.3, -0.25) is 4.74 Å². The van der Waals surface area contributed by atoms with E-state index in [1.165, 1.54) is 46.9 Å². The monoisotopic (exact) mass is 237 g/mol. The van der Waals surface area contributed by atoms with E-state index >= 15 is 0 Å². The van der Waals surface area contributed by atoms with Crippen molar-refractivity contribution in [2.75, 3.05) is 0 Å². The zero-order chi connectivity index (χ0) is 11.1. The largest absolute Gasteiger partial charge is 0.265 e. The molecule has 0 radical (unpaired) electrons. The van der Waals surface area contributed by atoms with Gasteiger partial charge in [0, 0.05) is 14.0 Å². The molecule has 0 spiro atoms. The third-order valence-electron chi connectivity index (χ3n) is 5.18. The molecule has 2 saturated carbocycles. The number of nitrogens with zero attached hydrogens (tertiary/aromatic N) is 1. The molecule has 0 N–H and O–H groups in total. The summed E-state index contributed by atoms with van der Waals surface area (Å²) in [6.45, 7) is 4.85. The molecule has 2 fully saturated rings. The molecule has 1 heterocycles. The highest BCUT2D eigenvalue weighted by Gasteiger charge is 2.42. The van der Waals surface area contributed by atoms with Crippen LogP contribution in [0.2, 0.25) is 0 Å². The van der Waals surface area contributed by atoms with Crippen LogP contribution in [-0.2, 0) is 0 Å². The van der Waals surface area contributed by atoms with Crippen LogP contribution < -0.4 is 0 Å². The van der Waals surface area contributed by atoms with Crippen LogP contribution in [0.1, 0.15) is 52.4 Å². The first-order chi connectivity index (χ1) is 7.74. The summed E-state index contributed by atoms with van der Waals surface area (Å²) in [5.41, 5.74) is 0.929. The Labute approximate surface area is 101 Å². The third kappa shape index (κ3) is 1.96. The maximum absolute atomic E-state index is 4.99. The van der Waals surface area contributed by atoms with E-state index in [2.05, 4.69) is 13.8 Å². The fourth-order valence-corrected chi connectivity index (χ4v) is 5.79. The molecule has 1 nitrogen and oxygen atoms in total. The minimum Gasteiger partial charge on any atom is -0.265 e. The van der Waals surface area contributed by atoms with E-state index in [4.69, 9.17) is 4.74 Å². The second-order valence-corrected chi connectivity index (χ2v) is 7.65. The minimum absolute atomic E-state index is 0.736. The molecule has 0 amide bonds. The molecule has 16 heavy (non-hydrogen) atoms. The highest BCUT2D eigenvalue weighted by molar-refractivity contribution is 7.27. The Balaban J connectivity index is 1.78. The van der Waals surface area contributed by atoms with Crippen molar-refractivity contribution >= 4 is 8.37 Å². The SMILES string of the molecule is CC1CCC2C(C1)N=PC1CC(C)CCC12. The highest BCUT2D eigenvalue weighted by atomic mass is 31.1. The first kappa shape index (κ1) is 11.2. The molecule has 2 heteroatoms. The van der Waals surface area contributed by atoms with Crippen LogP contribution in [0, 0.1) is 23.7 Å². The van der Waals surface area contributed by atoms with E-state index in [1.54, 1.807) is 0 Å². The van der Waals surface area contributed by atoms with Crippen LogP contribution in [0.25, 0.3) is 0 Å². The maximum Gasteiger partial charge on any atom is 0.0576 e. The van der Waals surface area contributed by atoms with Gasteiger partial charge in [0.25, 0.3) is 0 Å². The van der Waals surface area contributed by atoms with Crippen molar-refractivity contribution in [3.05, 3.63) is 0 Å². The summed E-state index contributed by atoms with van der Waals surface area (Å²) in [6, 6.07) is 0.736. The van der Waals surface area contributed by atoms with Crippen LogP contribution in [-0.4, -0.2) is 11.7 Å². The second-order valence-electron chi connectivity index (χ2n) is 6.53. The van der Waals surface area contributed by atoms with E-state index in [1.807, 2.05) is 0 Å². The lowest BCUT2D eigenvalue weighted by Crippen LogP contribution is -2.41. The predicted molar refractivity (Wildman–Crippen MR) is 69.9 cm³/mol. The average Bonchev–Trinajstić information content (AvgIpc) is 2.28. The van der Waals surface area contributed by atoms with Gasteiger partial charge in [0.1, 0.15) is 0 Å². The molecule has 0 aromatic heterocycles. The normalized spacial score (nSPS) is 52.9. The van der Waals surface area contributed by atoms with Crippen molar-refractivity contribution in [3.8, 4) is 0 Å². The van der Waals surface area contributed by atoms with Gasteiger partial charge in [-0.2, -0.15) is 0 Å². The number of hydrogen-bond donors (Lipinski definition) is 0. The number of rotatable bonds is 0. The molecule has 6 unspecified atom stereocenters. The second kappa shape index (κ2) is 4.41. The summed E-state index contributed by atoms with van der Waals surface area (Å²) in [4.78, 5) is 0. The van der Waals surface area contributed by atoms with Crippen molar-refractivity contribution in [1.82, 2.24) is 0 Å². The molecule has 3 aliphatic rings. The van der Waals surface area contributed by atoms with Gasteiger partial charge >= 0.3 is 0 Å². The van der Waals surface area contributed by atoms with Gasteiger partial charge < -0.3 is 0 Å². The lowest BCUT2D eigenvalue weighted by molar-refractivity contribution is 0.133. The van der Waals surface area contributed by atoms with Gasteiger partial charge in [-0.05, 0) is 49.4 Å². The number of hydrogen-bond acceptors (Lipinski definition) is 1. The zero-order valence-corrected chi connectivity index (χ0v) is 11.5. The fourth-order valence-electron chi connectivity index (χ4n) is 4.18. The van der Waals surface area contributed by atoms with E-state index in [0.717, 1.165) is 35.4 Å². The first-order valence-corrected chi connectivity index (χ1v) is 8.05. The highest BCUT2D eigenvalue weighted by Crippen LogP contribution is 2.50. The predicted octanol–water partition coefficient (Wildman–Crippen LogP) is 4.74. The Bertz CT molecular complexity index is 260. The molecule has 0 aromatic rings. The lowest BCUT2D eigenvalue weighted by atomic mass is 9.67. The molecule has 90 valence electrons. The lowest BCUT2D eigenvalue weighted by Gasteiger charge is -2.45. The molecule has 0 aromatic carbocycles. The van der Waals surface area contributed by atoms with Gasteiger partial charge in [0.2, 0.25) is 0 Å². The van der Waals surface area contributed by atoms with Crippen molar-refractivity contribution < 1.29 is 0 Å². The van der Waals surface area contributed by atoms with Crippen LogP contribution >= 0.6 is 8.37 Å². The van der Waals surface area contributed by atoms with Crippen molar-refractivity contribution in [3.63, 3.8) is 0 Å². The van der Waals surface area contributed by atoms with E-state index in [0.29, 0.717) is 0 Å². The zero-order valence-electron chi connectivity index (χ0n) is 10.6. The first-order valence-electron chi connectivity index (χ1n) is 7.14. The minimum atomic E-state index is 0.736. The van der Waals surface area contributed by atoms with Gasteiger partial charge in [0.05, 0.1) is 6.04 Å². The van der Waals surface area contributed by atoms with E-state index in [-0.39, 0.29) is 0 Å². The summed E-state index contributed by atoms with van der Waals surface area (Å²) in [7, 11) is 1.45. The molecule has 3 rings (SSSR count). The van der Waals surface area contributed by atoms with E-state index < -0.39 is 0 Å². The van der Waals surface area contributed by atoms with Gasteiger partial charge in [-0.1, -0.05) is 26.7 Å². The van der Waals surface area contributed by atoms with Crippen LogP contribution in [0.4, 0.5) is 0 Å². The standard InChI is InChI=1S/C14H24NP/c1-9-3-5-11-12-6-4-10(2)8-14(12)16-15-13(11)7-9/h9-14H,3-8H2,1-2H3. The smallest absolute Gasteiger partial charge is 0.0576 e. The maximum atomic E-state index is 4.99. The van der Waals surface area contributed by atoms with Crippen molar-refractivity contribution in [1.29, 1.82) is 0 Å². The Morgan fingerprint density at radius 2 is 1.56 bits per heavy atom. The molecule has 0 bridgehead atoms. The molecule has 1 aliphatic heterocycles. The van der Waals surface area contributed by atoms with Gasteiger partial charge in [-0.15, -0.1) is 0 Å². The summed E-state index contributed by atoms with van der Waals surface area (Å²) < 4.78 is 4.99. The molecule has 0 saturated heterocycles. The number of fused-ring (bicyclic) bond motifs is 3.